The van der Waals surface area contributed by atoms with Crippen LogP contribution in [0, 0.1) is 17.8 Å². The van der Waals surface area contributed by atoms with Gasteiger partial charge in [0.15, 0.2) is 6.61 Å². The maximum absolute atomic E-state index is 12.3. The predicted molar refractivity (Wildman–Crippen MR) is 94.1 cm³/mol. The molecule has 0 aromatic heterocycles. The Bertz CT molecular complexity index is 594. The number of carbonyl (C=O) groups excluding carboxylic acids is 5. The lowest BCUT2D eigenvalue weighted by atomic mass is 9.81. The minimum Gasteiger partial charge on any atom is -0.456 e. The van der Waals surface area contributed by atoms with Crippen molar-refractivity contribution >= 4 is 29.7 Å². The first-order valence-corrected chi connectivity index (χ1v) is 9.38. The highest BCUT2D eigenvalue weighted by Crippen LogP contribution is 2.37. The molecule has 5 amide bonds. The fourth-order valence-electron chi connectivity index (χ4n) is 3.38. The molecule has 0 aromatic carbocycles. The molecule has 2 aliphatic rings. The number of fused-ring (bicyclic) bond motifs is 1. The average molecular weight is 381 g/mol. The third kappa shape index (κ3) is 5.77. The van der Waals surface area contributed by atoms with Crippen LogP contribution in [0.15, 0.2) is 0 Å². The molecule has 2 fully saturated rings. The first kappa shape index (κ1) is 20.9. The minimum atomic E-state index is -0.746. The lowest BCUT2D eigenvalue weighted by molar-refractivity contribution is -0.149. The van der Waals surface area contributed by atoms with Crippen LogP contribution >= 0.6 is 0 Å². The van der Waals surface area contributed by atoms with Gasteiger partial charge in [0.25, 0.3) is 5.91 Å². The van der Waals surface area contributed by atoms with Crippen molar-refractivity contribution in [3.8, 4) is 0 Å². The zero-order chi connectivity index (χ0) is 20.0. The highest BCUT2D eigenvalue weighted by molar-refractivity contribution is 6.05. The third-order valence-corrected chi connectivity index (χ3v) is 4.76. The highest BCUT2D eigenvalue weighted by Gasteiger charge is 2.47. The van der Waals surface area contributed by atoms with E-state index in [9.17, 15) is 24.0 Å². The molecule has 0 aromatic rings. The van der Waals surface area contributed by atoms with Crippen LogP contribution in [0.4, 0.5) is 4.79 Å². The molecule has 2 N–H and O–H groups in total. The van der Waals surface area contributed by atoms with Crippen LogP contribution in [0.1, 0.15) is 46.0 Å². The maximum atomic E-state index is 12.3. The summed E-state index contributed by atoms with van der Waals surface area (Å²) in [5.74, 6) is -2.14. The van der Waals surface area contributed by atoms with Crippen LogP contribution in [0.25, 0.3) is 0 Å². The first-order valence-electron chi connectivity index (χ1n) is 9.38. The summed E-state index contributed by atoms with van der Waals surface area (Å²) in [6.07, 6.45) is 3.14. The Labute approximate surface area is 158 Å². The lowest BCUT2D eigenvalue weighted by Gasteiger charge is -2.19. The number of hydrogen-bond donors (Lipinski definition) is 2. The minimum absolute atomic E-state index is 0.0417. The second-order valence-corrected chi connectivity index (χ2v) is 7.39. The largest absolute Gasteiger partial charge is 0.456 e. The average Bonchev–Trinajstić information content (AvgIpc) is 2.87. The number of hydrogen-bond acceptors (Lipinski definition) is 6. The van der Waals surface area contributed by atoms with Gasteiger partial charge in [0, 0.05) is 13.1 Å². The number of amides is 5. The van der Waals surface area contributed by atoms with Gasteiger partial charge in [-0.15, -0.1) is 0 Å². The van der Waals surface area contributed by atoms with Crippen LogP contribution in [0.5, 0.6) is 0 Å². The molecule has 1 aliphatic heterocycles. The van der Waals surface area contributed by atoms with Gasteiger partial charge in [-0.25, -0.2) is 4.79 Å². The summed E-state index contributed by atoms with van der Waals surface area (Å²) in [5.41, 5.74) is 0. The van der Waals surface area contributed by atoms with E-state index in [-0.39, 0.29) is 42.5 Å². The Morgan fingerprint density at radius 2 is 1.70 bits per heavy atom. The van der Waals surface area contributed by atoms with Gasteiger partial charge in [-0.05, 0) is 18.8 Å². The highest BCUT2D eigenvalue weighted by atomic mass is 16.5. The van der Waals surface area contributed by atoms with Crippen molar-refractivity contribution < 1.29 is 28.7 Å². The fraction of sp³-hybridized carbons (Fsp3) is 0.722. The third-order valence-electron chi connectivity index (χ3n) is 4.76. The van der Waals surface area contributed by atoms with Crippen molar-refractivity contribution in [3.05, 3.63) is 0 Å². The fourth-order valence-corrected chi connectivity index (χ4v) is 3.38. The second-order valence-electron chi connectivity index (χ2n) is 7.39. The van der Waals surface area contributed by atoms with Gasteiger partial charge < -0.3 is 10.1 Å². The van der Waals surface area contributed by atoms with E-state index >= 15 is 0 Å². The monoisotopic (exact) mass is 381 g/mol. The van der Waals surface area contributed by atoms with Crippen LogP contribution in [0.3, 0.4) is 0 Å². The molecule has 1 saturated carbocycles. The Morgan fingerprint density at radius 3 is 2.26 bits per heavy atom. The molecule has 2 atom stereocenters. The molecular weight excluding hydrogens is 354 g/mol. The molecule has 27 heavy (non-hydrogen) atoms. The topological polar surface area (TPSA) is 122 Å². The van der Waals surface area contributed by atoms with Crippen molar-refractivity contribution in [2.75, 3.05) is 19.7 Å². The summed E-state index contributed by atoms with van der Waals surface area (Å²) < 4.78 is 4.80. The molecule has 0 bridgehead atoms. The molecular formula is C18H27N3O6. The Balaban J connectivity index is 1.69. The van der Waals surface area contributed by atoms with Gasteiger partial charge >= 0.3 is 12.0 Å². The molecule has 150 valence electrons. The number of nitrogens with zero attached hydrogens (tertiary/aromatic N) is 1. The molecule has 1 heterocycles. The zero-order valence-electron chi connectivity index (χ0n) is 15.8. The van der Waals surface area contributed by atoms with Crippen LogP contribution in [-0.4, -0.2) is 54.3 Å². The Morgan fingerprint density at radius 1 is 1.11 bits per heavy atom. The summed E-state index contributed by atoms with van der Waals surface area (Å²) in [7, 11) is 0. The quantitative estimate of drug-likeness (QED) is 0.491. The SMILES string of the molecule is CC(C)CNC(=O)NC(=O)COC(=O)CCN1C(=O)[C@@H]2CCCC[C@H]2C1=O. The summed E-state index contributed by atoms with van der Waals surface area (Å²) in [5, 5.41) is 4.55. The number of rotatable bonds is 7. The molecule has 9 heteroatoms. The molecule has 1 aliphatic carbocycles. The summed E-state index contributed by atoms with van der Waals surface area (Å²) >= 11 is 0. The summed E-state index contributed by atoms with van der Waals surface area (Å²) in [6.45, 7) is 3.60. The molecule has 0 radical (unpaired) electrons. The van der Waals surface area contributed by atoms with Crippen molar-refractivity contribution in [3.63, 3.8) is 0 Å². The number of nitrogens with one attached hydrogen (secondary N) is 2. The van der Waals surface area contributed by atoms with E-state index in [1.165, 1.54) is 0 Å². The van der Waals surface area contributed by atoms with Crippen molar-refractivity contribution in [1.29, 1.82) is 0 Å². The van der Waals surface area contributed by atoms with Crippen LogP contribution < -0.4 is 10.6 Å². The van der Waals surface area contributed by atoms with Gasteiger partial charge in [-0.3, -0.25) is 29.4 Å². The molecule has 0 unspecified atom stereocenters. The standard InChI is InChI=1S/C18H27N3O6/c1-11(2)9-19-18(26)20-14(22)10-27-15(23)7-8-21-16(24)12-5-3-4-6-13(12)17(21)25/h11-13H,3-10H2,1-2H3,(H2,19,20,22,26)/t12-,13-/m1/s1. The van der Waals surface area contributed by atoms with E-state index < -0.39 is 24.5 Å². The number of carbonyl (C=O) groups is 5. The number of urea groups is 1. The van der Waals surface area contributed by atoms with E-state index in [1.54, 1.807) is 0 Å². The van der Waals surface area contributed by atoms with Crippen molar-refractivity contribution in [2.24, 2.45) is 17.8 Å². The second kappa shape index (κ2) is 9.48. The number of esters is 1. The smallest absolute Gasteiger partial charge is 0.321 e. The normalized spacial score (nSPS) is 21.8. The summed E-state index contributed by atoms with van der Waals surface area (Å²) in [6, 6.07) is -0.652. The van der Waals surface area contributed by atoms with E-state index in [0.29, 0.717) is 6.54 Å². The Hall–Kier alpha value is -2.45. The van der Waals surface area contributed by atoms with E-state index in [2.05, 4.69) is 10.6 Å². The van der Waals surface area contributed by atoms with Gasteiger partial charge in [0.2, 0.25) is 11.8 Å². The number of imide groups is 2. The molecule has 9 nitrogen and oxygen atoms in total. The molecule has 2 rings (SSSR count). The predicted octanol–water partition coefficient (Wildman–Crippen LogP) is 0.577. The number of likely N-dealkylation sites (tertiary alicyclic amines) is 1. The maximum Gasteiger partial charge on any atom is 0.321 e. The number of ether oxygens (including phenoxy) is 1. The molecule has 0 spiro atoms. The van der Waals surface area contributed by atoms with Crippen LogP contribution in [0.2, 0.25) is 0 Å². The van der Waals surface area contributed by atoms with Gasteiger partial charge in [-0.1, -0.05) is 26.7 Å². The zero-order valence-corrected chi connectivity index (χ0v) is 15.8. The summed E-state index contributed by atoms with van der Waals surface area (Å²) in [4.78, 5) is 60.5. The lowest BCUT2D eigenvalue weighted by Crippen LogP contribution is -2.42. The van der Waals surface area contributed by atoms with E-state index in [4.69, 9.17) is 4.74 Å². The van der Waals surface area contributed by atoms with Crippen LogP contribution in [-0.2, 0) is 23.9 Å². The van der Waals surface area contributed by atoms with Crippen molar-refractivity contribution in [2.45, 2.75) is 46.0 Å². The van der Waals surface area contributed by atoms with Gasteiger partial charge in [0.1, 0.15) is 0 Å². The van der Waals surface area contributed by atoms with Crippen molar-refractivity contribution in [1.82, 2.24) is 15.5 Å². The van der Waals surface area contributed by atoms with Gasteiger partial charge in [0.05, 0.1) is 18.3 Å². The van der Waals surface area contributed by atoms with E-state index in [0.717, 1.165) is 30.6 Å². The first-order chi connectivity index (χ1) is 12.8. The Kier molecular flexibility index (Phi) is 7.32. The molecule has 1 saturated heterocycles. The van der Waals surface area contributed by atoms with E-state index in [1.807, 2.05) is 13.8 Å². The van der Waals surface area contributed by atoms with Gasteiger partial charge in [-0.2, -0.15) is 0 Å².